The van der Waals surface area contributed by atoms with E-state index in [1.807, 2.05) is 18.2 Å². The van der Waals surface area contributed by atoms with E-state index in [-0.39, 0.29) is 18.4 Å². The number of azide groups is 1. The predicted molar refractivity (Wildman–Crippen MR) is 104 cm³/mol. The van der Waals surface area contributed by atoms with E-state index in [9.17, 15) is 9.90 Å². The maximum absolute atomic E-state index is 10.6. The molecule has 2 unspecified atom stereocenters. The van der Waals surface area contributed by atoms with Crippen molar-refractivity contribution >= 4 is 17.7 Å². The van der Waals surface area contributed by atoms with Crippen molar-refractivity contribution in [1.82, 2.24) is 0 Å². The molecular weight excluding hydrogens is 342 g/mol. The normalized spacial score (nSPS) is 26.6. The summed E-state index contributed by atoms with van der Waals surface area (Å²) in [7, 11) is 0. The van der Waals surface area contributed by atoms with Gasteiger partial charge in [-0.3, -0.25) is 4.79 Å². The monoisotopic (exact) mass is 367 g/mol. The molecule has 4 atom stereocenters. The number of hydrogen-bond acceptors (Lipinski definition) is 3. The first-order valence-corrected chi connectivity index (χ1v) is 9.49. The Bertz CT molecular complexity index is 778. The summed E-state index contributed by atoms with van der Waals surface area (Å²) in [5.74, 6) is 0.251. The van der Waals surface area contributed by atoms with Gasteiger partial charge in [0.1, 0.15) is 0 Å². The van der Waals surface area contributed by atoms with Crippen molar-refractivity contribution in [3.63, 3.8) is 0 Å². The number of carboxylic acid groups (broad SMARTS) is 1. The van der Waals surface area contributed by atoms with Crippen LogP contribution in [0, 0.1) is 17.8 Å². The molecule has 2 aliphatic rings. The molecule has 0 bridgehead atoms. The third kappa shape index (κ3) is 5.00. The minimum Gasteiger partial charge on any atom is -0.481 e. The highest BCUT2D eigenvalue weighted by atomic mass is 16.4. The first-order valence-electron chi connectivity index (χ1n) is 9.49. The van der Waals surface area contributed by atoms with Gasteiger partial charge in [-0.25, -0.2) is 0 Å². The van der Waals surface area contributed by atoms with Gasteiger partial charge in [-0.05, 0) is 55.0 Å². The van der Waals surface area contributed by atoms with E-state index in [0.29, 0.717) is 17.5 Å². The van der Waals surface area contributed by atoms with Gasteiger partial charge in [-0.1, -0.05) is 53.2 Å². The van der Waals surface area contributed by atoms with Gasteiger partial charge >= 0.3 is 5.97 Å². The molecule has 6 heteroatoms. The molecule has 0 spiro atoms. The fraction of sp³-hybridized carbons (Fsp3) is 0.476. The zero-order valence-corrected chi connectivity index (χ0v) is 15.2. The van der Waals surface area contributed by atoms with E-state index in [4.69, 9.17) is 10.6 Å². The molecule has 1 fully saturated rings. The smallest absolute Gasteiger partial charge is 0.303 e. The average Bonchev–Trinajstić information content (AvgIpc) is 3.15. The van der Waals surface area contributed by atoms with Gasteiger partial charge < -0.3 is 10.2 Å². The molecule has 27 heavy (non-hydrogen) atoms. The Balaban J connectivity index is 1.60. The number of benzene rings is 1. The topological polar surface area (TPSA) is 106 Å². The Kier molecular flexibility index (Phi) is 6.32. The summed E-state index contributed by atoms with van der Waals surface area (Å²) in [6.07, 6.45) is 10.8. The molecule has 142 valence electrons. The van der Waals surface area contributed by atoms with Crippen molar-refractivity contribution in [3.05, 3.63) is 58.0 Å². The van der Waals surface area contributed by atoms with Gasteiger partial charge in [-0.15, -0.1) is 0 Å². The van der Waals surface area contributed by atoms with Crippen LogP contribution in [0.15, 0.2) is 47.1 Å². The largest absolute Gasteiger partial charge is 0.481 e. The minimum atomic E-state index is -0.729. The summed E-state index contributed by atoms with van der Waals surface area (Å²) in [5, 5.41) is 22.7. The number of aliphatic carboxylic acids is 1. The Labute approximate surface area is 158 Å². The Hall–Kier alpha value is -2.56. The number of rotatable bonds is 8. The average molecular weight is 367 g/mol. The van der Waals surface area contributed by atoms with Crippen LogP contribution in [0.25, 0.3) is 16.5 Å². The molecule has 3 rings (SSSR count). The first kappa shape index (κ1) is 19.2. The number of allylic oxidation sites excluding steroid dienone is 2. The van der Waals surface area contributed by atoms with Crippen molar-refractivity contribution in [2.24, 2.45) is 22.9 Å². The second-order valence-electron chi connectivity index (χ2n) is 7.49. The lowest BCUT2D eigenvalue weighted by molar-refractivity contribution is -0.137. The molecule has 1 aromatic carbocycles. The highest BCUT2D eigenvalue weighted by molar-refractivity contribution is 5.66. The summed E-state index contributed by atoms with van der Waals surface area (Å²) in [4.78, 5) is 13.4. The number of hydrogen-bond donors (Lipinski definition) is 2. The predicted octanol–water partition coefficient (Wildman–Crippen LogP) is 5.23. The number of unbranched alkanes of at least 4 members (excludes halogenated alkanes) is 1. The van der Waals surface area contributed by atoms with Gasteiger partial charge in [0.15, 0.2) is 0 Å². The molecule has 0 heterocycles. The third-order valence-corrected chi connectivity index (χ3v) is 5.63. The van der Waals surface area contributed by atoms with Gasteiger partial charge in [0.25, 0.3) is 0 Å². The molecule has 1 aromatic rings. The number of carboxylic acids is 1. The molecule has 2 aliphatic carbocycles. The van der Waals surface area contributed by atoms with Crippen LogP contribution in [0.5, 0.6) is 0 Å². The van der Waals surface area contributed by atoms with E-state index >= 15 is 0 Å². The van der Waals surface area contributed by atoms with E-state index < -0.39 is 5.97 Å². The highest BCUT2D eigenvalue weighted by Gasteiger charge is 2.42. The maximum atomic E-state index is 10.6. The number of aliphatic hydroxyl groups is 1. The molecule has 0 aromatic heterocycles. The van der Waals surface area contributed by atoms with Crippen LogP contribution >= 0.6 is 0 Å². The molecule has 0 radical (unpaired) electrons. The molecule has 2 N–H and O–H groups in total. The number of aliphatic hydroxyl groups excluding tert-OH is 1. The maximum Gasteiger partial charge on any atom is 0.303 e. The van der Waals surface area contributed by atoms with Crippen LogP contribution in [0.3, 0.4) is 0 Å². The van der Waals surface area contributed by atoms with Crippen LogP contribution in [-0.4, -0.2) is 22.3 Å². The zero-order chi connectivity index (χ0) is 19.2. The second-order valence-corrected chi connectivity index (χ2v) is 7.49. The molecule has 1 saturated carbocycles. The lowest BCUT2D eigenvalue weighted by atomic mass is 9.91. The van der Waals surface area contributed by atoms with Crippen LogP contribution in [0.4, 0.5) is 5.69 Å². The fourth-order valence-corrected chi connectivity index (χ4v) is 4.34. The minimum absolute atomic E-state index is 0.114. The summed E-state index contributed by atoms with van der Waals surface area (Å²) in [5.41, 5.74) is 11.5. The van der Waals surface area contributed by atoms with Crippen LogP contribution in [-0.2, 0) is 4.79 Å². The molecular formula is C21H25N3O3. The van der Waals surface area contributed by atoms with Gasteiger partial charge in [0.05, 0.1) is 6.10 Å². The van der Waals surface area contributed by atoms with Crippen molar-refractivity contribution in [3.8, 4) is 0 Å². The second kappa shape index (κ2) is 8.89. The van der Waals surface area contributed by atoms with Crippen LogP contribution in [0.2, 0.25) is 0 Å². The quantitative estimate of drug-likeness (QED) is 0.216. The van der Waals surface area contributed by atoms with E-state index in [1.165, 1.54) is 5.57 Å². The SMILES string of the molecule is [N-]=[N+]=Nc1ccc(/C=C/[C@@H]2C3C=C(CCCCC(=O)O)CC3C[C@H]2O)cc1. The Morgan fingerprint density at radius 3 is 2.78 bits per heavy atom. The fourth-order valence-electron chi connectivity index (χ4n) is 4.34. The van der Waals surface area contributed by atoms with Crippen LogP contribution < -0.4 is 0 Å². The summed E-state index contributed by atoms with van der Waals surface area (Å²) < 4.78 is 0. The number of fused-ring (bicyclic) bond motifs is 1. The zero-order valence-electron chi connectivity index (χ0n) is 15.2. The summed E-state index contributed by atoms with van der Waals surface area (Å²) >= 11 is 0. The molecule has 0 amide bonds. The lowest BCUT2D eigenvalue weighted by Gasteiger charge is -2.15. The van der Waals surface area contributed by atoms with Gasteiger partial charge in [-0.2, -0.15) is 0 Å². The number of carbonyl (C=O) groups is 1. The Morgan fingerprint density at radius 2 is 2.07 bits per heavy atom. The molecule has 0 aliphatic heterocycles. The standard InChI is InChI=1S/C21H25N3O3/c22-24-23-17-8-5-14(6-9-17)7-10-18-19-12-15(3-1-2-4-21(26)27)11-16(19)13-20(18)25/h5-10,12,16,18-20,25H,1-4,11,13H2,(H,26,27)/b10-7+/t16?,18-,19?,20-/m1/s1. The van der Waals surface area contributed by atoms with Crippen LogP contribution in [0.1, 0.15) is 44.1 Å². The molecule has 6 nitrogen and oxygen atoms in total. The Morgan fingerprint density at radius 1 is 1.30 bits per heavy atom. The van der Waals surface area contributed by atoms with Crippen molar-refractivity contribution in [1.29, 1.82) is 0 Å². The summed E-state index contributed by atoms with van der Waals surface area (Å²) in [6.45, 7) is 0. The third-order valence-electron chi connectivity index (χ3n) is 5.63. The van der Waals surface area contributed by atoms with Crippen molar-refractivity contribution in [2.75, 3.05) is 0 Å². The van der Waals surface area contributed by atoms with Gasteiger partial charge in [0, 0.05) is 22.9 Å². The van der Waals surface area contributed by atoms with E-state index in [2.05, 4.69) is 22.2 Å². The van der Waals surface area contributed by atoms with E-state index in [1.54, 1.807) is 12.1 Å². The van der Waals surface area contributed by atoms with E-state index in [0.717, 1.165) is 37.7 Å². The lowest BCUT2D eigenvalue weighted by Crippen LogP contribution is -2.15. The van der Waals surface area contributed by atoms with Gasteiger partial charge in [0.2, 0.25) is 0 Å². The molecule has 0 saturated heterocycles. The van der Waals surface area contributed by atoms with Crippen molar-refractivity contribution in [2.45, 2.75) is 44.6 Å². The highest BCUT2D eigenvalue weighted by Crippen LogP contribution is 2.48. The number of nitrogens with zero attached hydrogens (tertiary/aromatic N) is 3. The van der Waals surface area contributed by atoms with Crippen molar-refractivity contribution < 1.29 is 15.0 Å². The first-order chi connectivity index (χ1) is 13.1. The summed E-state index contributed by atoms with van der Waals surface area (Å²) in [6, 6.07) is 7.35.